The highest BCUT2D eigenvalue weighted by molar-refractivity contribution is 5.91. The van der Waals surface area contributed by atoms with E-state index >= 15 is 0 Å². The van der Waals surface area contributed by atoms with Gasteiger partial charge in [0.1, 0.15) is 0 Å². The van der Waals surface area contributed by atoms with E-state index in [-0.39, 0.29) is 23.4 Å². The highest BCUT2D eigenvalue weighted by Crippen LogP contribution is 2.30. The molecule has 0 N–H and O–H groups in total. The van der Waals surface area contributed by atoms with Crippen LogP contribution in [0.15, 0.2) is 42.2 Å². The fraction of sp³-hybridized carbons (Fsp3) is 0.333. The molecule has 1 aliphatic heterocycles. The van der Waals surface area contributed by atoms with Crippen LogP contribution in [0.1, 0.15) is 25.8 Å². The van der Waals surface area contributed by atoms with Crippen molar-refractivity contribution in [1.82, 2.24) is 4.90 Å². The van der Waals surface area contributed by atoms with Gasteiger partial charge in [0.2, 0.25) is 0 Å². The van der Waals surface area contributed by atoms with Gasteiger partial charge in [-0.05, 0) is 30.8 Å². The van der Waals surface area contributed by atoms with E-state index in [1.54, 1.807) is 43.1 Å². The van der Waals surface area contributed by atoms with Crippen molar-refractivity contribution in [2.45, 2.75) is 27.2 Å². The van der Waals surface area contributed by atoms with Gasteiger partial charge in [-0.1, -0.05) is 26.0 Å². The molecule has 0 spiro atoms. The van der Waals surface area contributed by atoms with Crippen molar-refractivity contribution in [3.05, 3.63) is 47.8 Å². The highest BCUT2D eigenvalue weighted by Gasteiger charge is 2.19. The van der Waals surface area contributed by atoms with E-state index < -0.39 is 5.97 Å². The van der Waals surface area contributed by atoms with E-state index in [0.717, 1.165) is 5.56 Å². The molecular weight excluding hydrogens is 294 g/mol. The van der Waals surface area contributed by atoms with Gasteiger partial charge in [-0.2, -0.15) is 0 Å². The number of hydrogen-bond acceptors (Lipinski definition) is 5. The van der Waals surface area contributed by atoms with Gasteiger partial charge in [0, 0.05) is 19.7 Å². The lowest BCUT2D eigenvalue weighted by molar-refractivity contribution is -0.138. The zero-order valence-electron chi connectivity index (χ0n) is 13.8. The molecule has 1 aromatic rings. The number of allylic oxidation sites excluding steroid dienone is 1. The third kappa shape index (κ3) is 4.45. The summed E-state index contributed by atoms with van der Waals surface area (Å²) in [4.78, 5) is 25.9. The van der Waals surface area contributed by atoms with Crippen LogP contribution in [0.3, 0.4) is 0 Å². The van der Waals surface area contributed by atoms with Gasteiger partial charge in [0.15, 0.2) is 11.5 Å². The zero-order chi connectivity index (χ0) is 17.0. The first-order chi connectivity index (χ1) is 10.9. The van der Waals surface area contributed by atoms with E-state index in [9.17, 15) is 9.59 Å². The standard InChI is InChI=1S/C18H21NO4/c1-12(2)17(20)23-16-10-13(3)7-8-15(16)22-18(21)14-6-5-9-19(4)11-14/h5,7-12H,6H2,1-4H3. The first-order valence-corrected chi connectivity index (χ1v) is 7.50. The number of esters is 2. The van der Waals surface area contributed by atoms with Crippen LogP contribution in [-0.2, 0) is 9.59 Å². The van der Waals surface area contributed by atoms with Gasteiger partial charge in [-0.15, -0.1) is 0 Å². The minimum Gasteiger partial charge on any atom is -0.422 e. The van der Waals surface area contributed by atoms with Crippen LogP contribution >= 0.6 is 0 Å². The smallest absolute Gasteiger partial charge is 0.341 e. The monoisotopic (exact) mass is 315 g/mol. The third-order valence-corrected chi connectivity index (χ3v) is 3.28. The molecule has 0 aromatic heterocycles. The lowest BCUT2D eigenvalue weighted by Crippen LogP contribution is -2.18. The number of carbonyl (C=O) groups is 2. The molecule has 0 bridgehead atoms. The summed E-state index contributed by atoms with van der Waals surface area (Å²) in [6.07, 6.45) is 5.98. The maximum absolute atomic E-state index is 12.3. The van der Waals surface area contributed by atoms with Crippen molar-refractivity contribution in [1.29, 1.82) is 0 Å². The molecule has 1 aromatic carbocycles. The van der Waals surface area contributed by atoms with Gasteiger partial charge < -0.3 is 14.4 Å². The van der Waals surface area contributed by atoms with Crippen LogP contribution in [0.25, 0.3) is 0 Å². The lowest BCUT2D eigenvalue weighted by atomic mass is 10.1. The van der Waals surface area contributed by atoms with Crippen LogP contribution in [0.5, 0.6) is 11.5 Å². The van der Waals surface area contributed by atoms with Crippen molar-refractivity contribution in [3.63, 3.8) is 0 Å². The Kier molecular flexibility index (Phi) is 5.21. The van der Waals surface area contributed by atoms with E-state index in [2.05, 4.69) is 0 Å². The quantitative estimate of drug-likeness (QED) is 0.631. The number of benzene rings is 1. The summed E-state index contributed by atoms with van der Waals surface area (Å²) in [5.41, 5.74) is 1.45. The van der Waals surface area contributed by atoms with Gasteiger partial charge in [0.05, 0.1) is 11.5 Å². The fourth-order valence-corrected chi connectivity index (χ4v) is 1.99. The van der Waals surface area contributed by atoms with E-state index in [1.807, 2.05) is 26.2 Å². The molecule has 122 valence electrons. The number of hydrogen-bond donors (Lipinski definition) is 0. The van der Waals surface area contributed by atoms with Gasteiger partial charge in [-0.25, -0.2) is 4.79 Å². The number of rotatable bonds is 4. The fourth-order valence-electron chi connectivity index (χ4n) is 1.99. The Morgan fingerprint density at radius 3 is 2.57 bits per heavy atom. The van der Waals surface area contributed by atoms with E-state index in [0.29, 0.717) is 12.0 Å². The van der Waals surface area contributed by atoms with E-state index in [4.69, 9.17) is 9.47 Å². The molecule has 1 heterocycles. The van der Waals surface area contributed by atoms with Crippen LogP contribution in [0.2, 0.25) is 0 Å². The molecule has 0 amide bonds. The molecule has 0 saturated heterocycles. The summed E-state index contributed by atoms with van der Waals surface area (Å²) in [5, 5.41) is 0. The van der Waals surface area contributed by atoms with Gasteiger partial charge in [0.25, 0.3) is 0 Å². The molecule has 2 rings (SSSR count). The number of nitrogens with zero attached hydrogens (tertiary/aromatic N) is 1. The molecule has 0 unspecified atom stereocenters. The topological polar surface area (TPSA) is 55.8 Å². The number of aryl methyl sites for hydroxylation is 1. The van der Waals surface area contributed by atoms with Crippen molar-refractivity contribution >= 4 is 11.9 Å². The second-order valence-electron chi connectivity index (χ2n) is 5.82. The molecular formula is C18H21NO4. The lowest BCUT2D eigenvalue weighted by Gasteiger charge is -2.17. The molecule has 23 heavy (non-hydrogen) atoms. The summed E-state index contributed by atoms with van der Waals surface area (Å²) >= 11 is 0. The second-order valence-corrected chi connectivity index (χ2v) is 5.82. The Morgan fingerprint density at radius 2 is 1.91 bits per heavy atom. The summed E-state index contributed by atoms with van der Waals surface area (Å²) < 4.78 is 10.8. The zero-order valence-corrected chi connectivity index (χ0v) is 13.8. The average Bonchev–Trinajstić information content (AvgIpc) is 2.49. The average molecular weight is 315 g/mol. The predicted molar refractivity (Wildman–Crippen MR) is 86.9 cm³/mol. The normalized spacial score (nSPS) is 13.8. The van der Waals surface area contributed by atoms with Crippen LogP contribution < -0.4 is 9.47 Å². The maximum Gasteiger partial charge on any atom is 0.341 e. The summed E-state index contributed by atoms with van der Waals surface area (Å²) in [7, 11) is 1.84. The first kappa shape index (κ1) is 16.8. The Hall–Kier alpha value is -2.56. The third-order valence-electron chi connectivity index (χ3n) is 3.28. The minimum atomic E-state index is -0.452. The highest BCUT2D eigenvalue weighted by atomic mass is 16.6. The summed E-state index contributed by atoms with van der Waals surface area (Å²) in [6, 6.07) is 5.12. The SMILES string of the molecule is Cc1ccc(OC(=O)C2=CN(C)C=CC2)c(OC(=O)C(C)C)c1. The van der Waals surface area contributed by atoms with Crippen molar-refractivity contribution in [2.24, 2.45) is 5.92 Å². The Morgan fingerprint density at radius 1 is 1.17 bits per heavy atom. The van der Waals surface area contributed by atoms with Crippen LogP contribution in [0, 0.1) is 12.8 Å². The first-order valence-electron chi connectivity index (χ1n) is 7.50. The molecule has 0 radical (unpaired) electrons. The van der Waals surface area contributed by atoms with Crippen molar-refractivity contribution in [3.8, 4) is 11.5 Å². The molecule has 5 heteroatoms. The number of ether oxygens (including phenoxy) is 2. The molecule has 0 saturated carbocycles. The molecule has 1 aliphatic rings. The molecule has 0 fully saturated rings. The second kappa shape index (κ2) is 7.13. The van der Waals surface area contributed by atoms with Crippen molar-refractivity contribution < 1.29 is 19.1 Å². The van der Waals surface area contributed by atoms with Crippen molar-refractivity contribution in [2.75, 3.05) is 7.05 Å². The Balaban J connectivity index is 2.19. The van der Waals surface area contributed by atoms with E-state index in [1.165, 1.54) is 0 Å². The maximum atomic E-state index is 12.3. The van der Waals surface area contributed by atoms with Gasteiger partial charge >= 0.3 is 11.9 Å². The Bertz CT molecular complexity index is 674. The minimum absolute atomic E-state index is 0.243. The van der Waals surface area contributed by atoms with Crippen LogP contribution in [0.4, 0.5) is 0 Å². The summed E-state index contributed by atoms with van der Waals surface area (Å²) in [6.45, 7) is 5.37. The Labute approximate surface area is 136 Å². The largest absolute Gasteiger partial charge is 0.422 e. The van der Waals surface area contributed by atoms with Crippen LogP contribution in [-0.4, -0.2) is 23.9 Å². The molecule has 0 aliphatic carbocycles. The summed E-state index contributed by atoms with van der Waals surface area (Å²) in [5.74, 6) is -0.580. The van der Waals surface area contributed by atoms with Gasteiger partial charge in [-0.3, -0.25) is 4.79 Å². The number of carbonyl (C=O) groups excluding carboxylic acids is 2. The molecule has 0 atom stereocenters. The molecule has 5 nitrogen and oxygen atoms in total. The predicted octanol–water partition coefficient (Wildman–Crippen LogP) is 3.19.